The van der Waals surface area contributed by atoms with Crippen molar-refractivity contribution in [1.29, 1.82) is 0 Å². The molecule has 2 amide bonds. The highest BCUT2D eigenvalue weighted by molar-refractivity contribution is 6.08. The van der Waals surface area contributed by atoms with E-state index in [0.717, 1.165) is 12.1 Å². The third-order valence-electron chi connectivity index (χ3n) is 3.65. The van der Waals surface area contributed by atoms with Crippen molar-refractivity contribution in [1.82, 2.24) is 5.32 Å². The third kappa shape index (κ3) is 2.86. The average Bonchev–Trinajstić information content (AvgIpc) is 2.42. The molecule has 1 atom stereocenters. The number of hydrogen-bond donors (Lipinski definition) is 1. The summed E-state index contributed by atoms with van der Waals surface area (Å²) in [7, 11) is 0. The van der Waals surface area contributed by atoms with Gasteiger partial charge in [0.15, 0.2) is 0 Å². The quantitative estimate of drug-likeness (QED) is 0.911. The molecular weight excluding hydrogens is 285 g/mol. The largest absolute Gasteiger partial charge is 0.416 e. The van der Waals surface area contributed by atoms with Gasteiger partial charge in [-0.3, -0.25) is 9.59 Å². The van der Waals surface area contributed by atoms with Gasteiger partial charge in [-0.15, -0.1) is 0 Å². The molecule has 1 heterocycles. The van der Waals surface area contributed by atoms with E-state index in [-0.39, 0.29) is 24.0 Å². The van der Waals surface area contributed by atoms with E-state index in [0.29, 0.717) is 6.42 Å². The Morgan fingerprint density at radius 1 is 1.24 bits per heavy atom. The number of anilines is 1. The lowest BCUT2D eigenvalue weighted by Crippen LogP contribution is -2.65. The predicted molar refractivity (Wildman–Crippen MR) is 70.6 cm³/mol. The second-order valence-electron chi connectivity index (χ2n) is 5.17. The number of rotatable bonds is 2. The first-order valence-corrected chi connectivity index (χ1v) is 6.47. The molecule has 2 rings (SSSR count). The van der Waals surface area contributed by atoms with Gasteiger partial charge in [0.25, 0.3) is 5.91 Å². The van der Waals surface area contributed by atoms with Crippen LogP contribution < -0.4 is 10.2 Å². The number of carbonyl (C=O) groups excluding carboxylic acids is 2. The van der Waals surface area contributed by atoms with Crippen LogP contribution in [0.1, 0.15) is 25.8 Å². The Labute approximate surface area is 119 Å². The van der Waals surface area contributed by atoms with Gasteiger partial charge in [0, 0.05) is 5.69 Å². The zero-order valence-electron chi connectivity index (χ0n) is 11.6. The molecule has 1 fully saturated rings. The Hall–Kier alpha value is -2.05. The van der Waals surface area contributed by atoms with E-state index >= 15 is 0 Å². The van der Waals surface area contributed by atoms with Crippen LogP contribution >= 0.6 is 0 Å². The number of alkyl halides is 3. The van der Waals surface area contributed by atoms with Crippen molar-refractivity contribution in [2.45, 2.75) is 32.0 Å². The Balaban J connectivity index is 2.32. The lowest BCUT2D eigenvalue weighted by atomic mass is 9.94. The summed E-state index contributed by atoms with van der Waals surface area (Å²) in [6.07, 6.45) is -4.03. The number of hydrogen-bond acceptors (Lipinski definition) is 2. The Morgan fingerprint density at radius 3 is 2.29 bits per heavy atom. The number of benzene rings is 1. The number of piperazine rings is 1. The molecule has 21 heavy (non-hydrogen) atoms. The second-order valence-corrected chi connectivity index (χ2v) is 5.17. The molecule has 0 aliphatic carbocycles. The zero-order valence-corrected chi connectivity index (χ0v) is 11.6. The fraction of sp³-hybridized carbons (Fsp3) is 0.429. The van der Waals surface area contributed by atoms with Crippen molar-refractivity contribution in [3.05, 3.63) is 29.8 Å². The summed E-state index contributed by atoms with van der Waals surface area (Å²) in [6.45, 7) is 3.16. The summed E-state index contributed by atoms with van der Waals surface area (Å²) < 4.78 is 37.6. The first-order valence-electron chi connectivity index (χ1n) is 6.47. The molecule has 1 aromatic rings. The minimum Gasteiger partial charge on any atom is -0.340 e. The summed E-state index contributed by atoms with van der Waals surface area (Å²) in [6, 6.07) is 4.21. The van der Waals surface area contributed by atoms with Crippen molar-refractivity contribution in [3.8, 4) is 0 Å². The molecule has 7 heteroatoms. The highest BCUT2D eigenvalue weighted by atomic mass is 19.4. The van der Waals surface area contributed by atoms with E-state index in [1.54, 1.807) is 13.8 Å². The molecule has 0 aromatic heterocycles. The van der Waals surface area contributed by atoms with Gasteiger partial charge in [-0.25, -0.2) is 0 Å². The van der Waals surface area contributed by atoms with Gasteiger partial charge in [0.2, 0.25) is 5.91 Å². The molecule has 0 spiro atoms. The summed E-state index contributed by atoms with van der Waals surface area (Å²) in [5.74, 6) is -0.664. The number of carbonyl (C=O) groups is 2. The van der Waals surface area contributed by atoms with Crippen LogP contribution in [0, 0.1) is 0 Å². The summed E-state index contributed by atoms with van der Waals surface area (Å²) in [4.78, 5) is 25.3. The number of nitrogens with one attached hydrogen (secondary N) is 1. The van der Waals surface area contributed by atoms with E-state index < -0.39 is 17.3 Å². The standard InChI is InChI=1S/C14H15F3N2O2/c1-3-13(2)12(21)19(8-11(20)18-13)10-6-4-9(5-7-10)14(15,16)17/h4-7H,3,8H2,1-2H3,(H,18,20). The maximum absolute atomic E-state index is 12.5. The van der Waals surface area contributed by atoms with E-state index in [9.17, 15) is 22.8 Å². The predicted octanol–water partition coefficient (Wildman–Crippen LogP) is 2.34. The van der Waals surface area contributed by atoms with Crippen molar-refractivity contribution < 1.29 is 22.8 Å². The molecular formula is C14H15F3N2O2. The van der Waals surface area contributed by atoms with Crippen LogP contribution in [0.3, 0.4) is 0 Å². The summed E-state index contributed by atoms with van der Waals surface area (Å²) in [5.41, 5.74) is -1.54. The van der Waals surface area contributed by atoms with Gasteiger partial charge >= 0.3 is 6.18 Å². The van der Waals surface area contributed by atoms with Crippen LogP contribution in [0.5, 0.6) is 0 Å². The first kappa shape index (κ1) is 15.3. The molecule has 114 valence electrons. The SMILES string of the molecule is CCC1(C)NC(=O)CN(c2ccc(C(F)(F)F)cc2)C1=O. The number of nitrogens with zero attached hydrogens (tertiary/aromatic N) is 1. The van der Waals surface area contributed by atoms with Crippen LogP contribution in [0.2, 0.25) is 0 Å². The van der Waals surface area contributed by atoms with Crippen molar-refractivity contribution >= 4 is 17.5 Å². The molecule has 1 saturated heterocycles. The monoisotopic (exact) mass is 300 g/mol. The van der Waals surface area contributed by atoms with Gasteiger partial charge in [-0.05, 0) is 37.6 Å². The van der Waals surface area contributed by atoms with Crippen LogP contribution in [0.25, 0.3) is 0 Å². The molecule has 1 aliphatic rings. The highest BCUT2D eigenvalue weighted by Crippen LogP contribution is 2.31. The smallest absolute Gasteiger partial charge is 0.340 e. The Kier molecular flexibility index (Phi) is 3.69. The summed E-state index contributed by atoms with van der Waals surface area (Å²) in [5, 5.41) is 2.62. The van der Waals surface area contributed by atoms with E-state index in [2.05, 4.69) is 5.32 Å². The normalized spacial score (nSPS) is 23.2. The minimum absolute atomic E-state index is 0.195. The highest BCUT2D eigenvalue weighted by Gasteiger charge is 2.42. The molecule has 1 aromatic carbocycles. The zero-order chi connectivity index (χ0) is 15.8. The minimum atomic E-state index is -4.43. The maximum atomic E-state index is 12.5. The van der Waals surface area contributed by atoms with Gasteiger partial charge in [-0.2, -0.15) is 13.2 Å². The Morgan fingerprint density at radius 2 is 1.81 bits per heavy atom. The average molecular weight is 300 g/mol. The van der Waals surface area contributed by atoms with Gasteiger partial charge in [-0.1, -0.05) is 6.92 Å². The van der Waals surface area contributed by atoms with Crippen molar-refractivity contribution in [3.63, 3.8) is 0 Å². The maximum Gasteiger partial charge on any atom is 0.416 e. The topological polar surface area (TPSA) is 49.4 Å². The lowest BCUT2D eigenvalue weighted by molar-refractivity contribution is -0.137. The van der Waals surface area contributed by atoms with E-state index in [1.165, 1.54) is 17.0 Å². The van der Waals surface area contributed by atoms with Crippen LogP contribution in [0.15, 0.2) is 24.3 Å². The third-order valence-corrected chi connectivity index (χ3v) is 3.65. The van der Waals surface area contributed by atoms with Crippen LogP contribution in [0.4, 0.5) is 18.9 Å². The molecule has 1 aliphatic heterocycles. The van der Waals surface area contributed by atoms with Crippen LogP contribution in [-0.2, 0) is 15.8 Å². The van der Waals surface area contributed by atoms with Crippen molar-refractivity contribution in [2.24, 2.45) is 0 Å². The molecule has 1 N–H and O–H groups in total. The first-order chi connectivity index (χ1) is 9.67. The molecule has 0 radical (unpaired) electrons. The lowest BCUT2D eigenvalue weighted by Gasteiger charge is -2.39. The van der Waals surface area contributed by atoms with Gasteiger partial charge in [0.1, 0.15) is 12.1 Å². The molecule has 4 nitrogen and oxygen atoms in total. The van der Waals surface area contributed by atoms with Gasteiger partial charge < -0.3 is 10.2 Å². The summed E-state index contributed by atoms with van der Waals surface area (Å²) >= 11 is 0. The number of amides is 2. The molecule has 0 bridgehead atoms. The van der Waals surface area contributed by atoms with E-state index in [4.69, 9.17) is 0 Å². The van der Waals surface area contributed by atoms with Crippen LogP contribution in [-0.4, -0.2) is 23.9 Å². The number of halogens is 3. The molecule has 1 unspecified atom stereocenters. The fourth-order valence-electron chi connectivity index (χ4n) is 2.19. The fourth-order valence-corrected chi connectivity index (χ4v) is 2.19. The van der Waals surface area contributed by atoms with Gasteiger partial charge in [0.05, 0.1) is 5.56 Å². The second kappa shape index (κ2) is 5.05. The van der Waals surface area contributed by atoms with Crippen molar-refractivity contribution in [2.75, 3.05) is 11.4 Å². The Bertz CT molecular complexity index is 569. The molecule has 0 saturated carbocycles. The van der Waals surface area contributed by atoms with E-state index in [1.807, 2.05) is 0 Å².